The van der Waals surface area contributed by atoms with Gasteiger partial charge in [0.05, 0.1) is 0 Å². The zero-order chi connectivity index (χ0) is 19.3. The molecule has 140 valence electrons. The molecular formula is C25H21ClOS. The van der Waals surface area contributed by atoms with E-state index in [1.165, 1.54) is 10.5 Å². The molecule has 0 saturated carbocycles. The second-order valence-corrected chi connectivity index (χ2v) is 8.00. The van der Waals surface area contributed by atoms with Crippen molar-refractivity contribution >= 4 is 34.7 Å². The van der Waals surface area contributed by atoms with Crippen molar-refractivity contribution in [2.45, 2.75) is 17.4 Å². The summed E-state index contributed by atoms with van der Waals surface area (Å²) in [6.07, 6.45) is 7.27. The molecule has 0 radical (unpaired) electrons. The van der Waals surface area contributed by atoms with Crippen molar-refractivity contribution in [1.82, 2.24) is 0 Å². The Morgan fingerprint density at radius 2 is 1.54 bits per heavy atom. The van der Waals surface area contributed by atoms with Gasteiger partial charge in [-0.1, -0.05) is 72.3 Å². The van der Waals surface area contributed by atoms with Gasteiger partial charge in [0, 0.05) is 27.5 Å². The molecule has 0 bridgehead atoms. The van der Waals surface area contributed by atoms with E-state index >= 15 is 0 Å². The van der Waals surface area contributed by atoms with Crippen LogP contribution in [0.4, 0.5) is 0 Å². The van der Waals surface area contributed by atoms with E-state index in [0.29, 0.717) is 0 Å². The van der Waals surface area contributed by atoms with Crippen LogP contribution in [-0.2, 0) is 11.2 Å². The fraction of sp³-hybridized carbons (Fsp3) is 0.120. The largest absolute Gasteiger partial charge is 0.485 e. The number of halogens is 1. The van der Waals surface area contributed by atoms with E-state index in [-0.39, 0.29) is 6.10 Å². The van der Waals surface area contributed by atoms with Crippen molar-refractivity contribution in [1.29, 1.82) is 0 Å². The van der Waals surface area contributed by atoms with Crippen LogP contribution in [-0.4, -0.2) is 12.4 Å². The molecule has 0 aliphatic carbocycles. The lowest BCUT2D eigenvalue weighted by molar-refractivity contribution is 0.210. The normalized spacial score (nSPS) is 16.1. The molecule has 0 aromatic heterocycles. The number of benzene rings is 3. The molecule has 1 aliphatic heterocycles. The number of rotatable bonds is 5. The minimum Gasteiger partial charge on any atom is -0.485 e. The first-order valence-electron chi connectivity index (χ1n) is 9.26. The first kappa shape index (κ1) is 18.9. The number of hydrogen-bond acceptors (Lipinski definition) is 2. The molecule has 3 heteroatoms. The molecule has 0 amide bonds. The third kappa shape index (κ3) is 4.35. The Hall–Kier alpha value is -2.42. The van der Waals surface area contributed by atoms with E-state index in [1.54, 1.807) is 11.8 Å². The second kappa shape index (κ2) is 8.72. The van der Waals surface area contributed by atoms with E-state index in [0.717, 1.165) is 33.9 Å². The molecule has 0 N–H and O–H groups in total. The fourth-order valence-electron chi connectivity index (χ4n) is 3.31. The minimum atomic E-state index is 0.00803. The first-order valence-corrected chi connectivity index (χ1v) is 10.9. The monoisotopic (exact) mass is 404 g/mol. The maximum absolute atomic E-state index is 6.50. The van der Waals surface area contributed by atoms with E-state index in [2.05, 4.69) is 66.9 Å². The van der Waals surface area contributed by atoms with Crippen molar-refractivity contribution in [2.75, 3.05) is 6.26 Å². The average Bonchev–Trinajstić information content (AvgIpc) is 2.75. The van der Waals surface area contributed by atoms with Gasteiger partial charge in [-0.3, -0.25) is 0 Å². The van der Waals surface area contributed by atoms with Gasteiger partial charge in [0.15, 0.2) is 0 Å². The lowest BCUT2D eigenvalue weighted by atomic mass is 9.96. The third-order valence-corrected chi connectivity index (χ3v) is 5.77. The number of allylic oxidation sites excluding steroid dienone is 2. The van der Waals surface area contributed by atoms with Gasteiger partial charge in [0.25, 0.3) is 0 Å². The molecule has 3 aromatic rings. The predicted octanol–water partition coefficient (Wildman–Crippen LogP) is 7.13. The topological polar surface area (TPSA) is 9.23 Å². The SMILES string of the molecule is CSc1ccc(C2=C(c3ccc(Cl)cc3)C=CC(Cc3ccccc3)O2)cc1. The lowest BCUT2D eigenvalue weighted by Gasteiger charge is -2.25. The van der Waals surface area contributed by atoms with Crippen molar-refractivity contribution < 1.29 is 4.74 Å². The van der Waals surface area contributed by atoms with Crippen LogP contribution >= 0.6 is 23.4 Å². The smallest absolute Gasteiger partial charge is 0.135 e. The van der Waals surface area contributed by atoms with Gasteiger partial charge in [-0.05, 0) is 47.7 Å². The first-order chi connectivity index (χ1) is 13.7. The van der Waals surface area contributed by atoms with Crippen LogP contribution in [0, 0.1) is 0 Å². The highest BCUT2D eigenvalue weighted by Crippen LogP contribution is 2.35. The maximum atomic E-state index is 6.50. The summed E-state index contributed by atoms with van der Waals surface area (Å²) in [4.78, 5) is 1.24. The molecule has 1 nitrogen and oxygen atoms in total. The summed E-state index contributed by atoms with van der Waals surface area (Å²) in [5.74, 6) is 0.915. The van der Waals surface area contributed by atoms with Crippen LogP contribution in [0.25, 0.3) is 11.3 Å². The van der Waals surface area contributed by atoms with Gasteiger partial charge in [0.1, 0.15) is 11.9 Å². The highest BCUT2D eigenvalue weighted by molar-refractivity contribution is 7.98. The number of hydrogen-bond donors (Lipinski definition) is 0. The molecule has 1 heterocycles. The van der Waals surface area contributed by atoms with E-state index in [9.17, 15) is 0 Å². The van der Waals surface area contributed by atoms with Gasteiger partial charge < -0.3 is 4.74 Å². The molecule has 3 aromatic carbocycles. The molecule has 0 saturated heterocycles. The van der Waals surface area contributed by atoms with Gasteiger partial charge >= 0.3 is 0 Å². The highest BCUT2D eigenvalue weighted by atomic mass is 35.5. The Bertz CT molecular complexity index is 989. The van der Waals surface area contributed by atoms with Crippen LogP contribution in [0.1, 0.15) is 16.7 Å². The summed E-state index contributed by atoms with van der Waals surface area (Å²) in [7, 11) is 0. The highest BCUT2D eigenvalue weighted by Gasteiger charge is 2.20. The molecule has 0 spiro atoms. The van der Waals surface area contributed by atoms with Gasteiger partial charge in [-0.25, -0.2) is 0 Å². The van der Waals surface area contributed by atoms with E-state index < -0.39 is 0 Å². The maximum Gasteiger partial charge on any atom is 0.135 e. The Kier molecular flexibility index (Phi) is 5.90. The summed E-state index contributed by atoms with van der Waals surface area (Å²) in [6.45, 7) is 0. The molecule has 0 fully saturated rings. The van der Waals surface area contributed by atoms with Crippen LogP contribution in [0.5, 0.6) is 0 Å². The van der Waals surface area contributed by atoms with E-state index in [1.807, 2.05) is 30.3 Å². The Morgan fingerprint density at radius 3 is 2.21 bits per heavy atom. The van der Waals surface area contributed by atoms with Crippen molar-refractivity contribution in [3.63, 3.8) is 0 Å². The predicted molar refractivity (Wildman–Crippen MR) is 121 cm³/mol. The molecule has 1 aliphatic rings. The minimum absolute atomic E-state index is 0.00803. The van der Waals surface area contributed by atoms with Crippen LogP contribution in [0.3, 0.4) is 0 Å². The summed E-state index contributed by atoms with van der Waals surface area (Å²) in [5.41, 5.74) is 4.54. The van der Waals surface area contributed by atoms with Crippen molar-refractivity contribution in [2.24, 2.45) is 0 Å². The number of thioether (sulfide) groups is 1. The summed E-state index contributed by atoms with van der Waals surface area (Å²) >= 11 is 7.82. The Morgan fingerprint density at radius 1 is 0.857 bits per heavy atom. The average molecular weight is 405 g/mol. The molecule has 1 atom stereocenters. The zero-order valence-electron chi connectivity index (χ0n) is 15.6. The van der Waals surface area contributed by atoms with Crippen LogP contribution in [0.15, 0.2) is 95.9 Å². The van der Waals surface area contributed by atoms with Crippen molar-refractivity contribution in [3.05, 3.63) is 113 Å². The third-order valence-electron chi connectivity index (χ3n) is 4.78. The number of ether oxygens (including phenoxy) is 1. The van der Waals surface area contributed by atoms with Gasteiger partial charge in [-0.15, -0.1) is 11.8 Å². The van der Waals surface area contributed by atoms with Gasteiger partial charge in [-0.2, -0.15) is 0 Å². The zero-order valence-corrected chi connectivity index (χ0v) is 17.2. The standard InChI is InChI=1S/C25H21ClOS/c1-28-23-14-9-20(10-15-23)25-24(19-7-11-21(26)12-8-19)16-13-22(27-25)17-18-5-3-2-4-6-18/h2-16,22H,17H2,1H3. The Balaban J connectivity index is 1.70. The quantitative estimate of drug-likeness (QED) is 0.418. The summed E-state index contributed by atoms with van der Waals surface area (Å²) < 4.78 is 6.50. The summed E-state index contributed by atoms with van der Waals surface area (Å²) in [6, 6.07) is 26.9. The summed E-state index contributed by atoms with van der Waals surface area (Å²) in [5, 5.41) is 0.734. The van der Waals surface area contributed by atoms with Crippen LogP contribution in [0.2, 0.25) is 5.02 Å². The van der Waals surface area contributed by atoms with E-state index in [4.69, 9.17) is 16.3 Å². The Labute approximate surface area is 175 Å². The second-order valence-electron chi connectivity index (χ2n) is 6.68. The molecule has 1 unspecified atom stereocenters. The molecule has 4 rings (SSSR count). The van der Waals surface area contributed by atoms with Crippen LogP contribution < -0.4 is 0 Å². The molecule has 28 heavy (non-hydrogen) atoms. The molecular weight excluding hydrogens is 384 g/mol. The fourth-order valence-corrected chi connectivity index (χ4v) is 3.85. The van der Waals surface area contributed by atoms with Crippen molar-refractivity contribution in [3.8, 4) is 0 Å². The van der Waals surface area contributed by atoms with Gasteiger partial charge in [0.2, 0.25) is 0 Å². The lowest BCUT2D eigenvalue weighted by Crippen LogP contribution is -2.16.